The van der Waals surface area contributed by atoms with E-state index in [-0.39, 0.29) is 0 Å². The molecule has 0 bridgehead atoms. The van der Waals surface area contributed by atoms with Gasteiger partial charge in [-0.05, 0) is 24.1 Å². The molecule has 1 atom stereocenters. The van der Waals surface area contributed by atoms with E-state index >= 15 is 0 Å². The Kier molecular flexibility index (Phi) is 4.34. The number of hydrogen-bond donors (Lipinski definition) is 1. The maximum Gasteiger partial charge on any atom is 0.150 e. The molecular weight excluding hydrogens is 280 g/mol. The Morgan fingerprint density at radius 2 is 2.29 bits per heavy atom. The fourth-order valence-electron chi connectivity index (χ4n) is 1.78. The fraction of sp³-hybridized carbons (Fsp3) is 0.308. The summed E-state index contributed by atoms with van der Waals surface area (Å²) in [4.78, 5) is 0. The van der Waals surface area contributed by atoms with Gasteiger partial charge in [0.15, 0.2) is 0 Å². The maximum atomic E-state index is 5.07. The summed E-state index contributed by atoms with van der Waals surface area (Å²) in [6.45, 7) is 2.87. The SMILES string of the molecule is CCC(NCc1ccno1)c1cccc(Br)c1. The Balaban J connectivity index is 2.01. The molecule has 0 saturated carbocycles. The van der Waals surface area contributed by atoms with Gasteiger partial charge in [-0.25, -0.2) is 0 Å². The van der Waals surface area contributed by atoms with Gasteiger partial charge in [0, 0.05) is 16.6 Å². The molecule has 0 fully saturated rings. The van der Waals surface area contributed by atoms with Gasteiger partial charge in [-0.2, -0.15) is 0 Å². The lowest BCUT2D eigenvalue weighted by Crippen LogP contribution is -2.19. The van der Waals surface area contributed by atoms with Crippen LogP contribution in [0.3, 0.4) is 0 Å². The van der Waals surface area contributed by atoms with E-state index < -0.39 is 0 Å². The maximum absolute atomic E-state index is 5.07. The van der Waals surface area contributed by atoms with Gasteiger partial charge in [-0.3, -0.25) is 0 Å². The molecule has 0 aliphatic heterocycles. The number of benzene rings is 1. The molecule has 0 aliphatic rings. The van der Waals surface area contributed by atoms with Crippen LogP contribution < -0.4 is 5.32 Å². The summed E-state index contributed by atoms with van der Waals surface area (Å²) in [7, 11) is 0. The first kappa shape index (κ1) is 12.3. The van der Waals surface area contributed by atoms with Crippen LogP contribution in [0.1, 0.15) is 30.7 Å². The van der Waals surface area contributed by atoms with Gasteiger partial charge < -0.3 is 9.84 Å². The number of nitrogens with zero attached hydrogens (tertiary/aromatic N) is 1. The Labute approximate surface area is 109 Å². The van der Waals surface area contributed by atoms with Gasteiger partial charge in [0.1, 0.15) is 5.76 Å². The van der Waals surface area contributed by atoms with Gasteiger partial charge in [0.2, 0.25) is 0 Å². The second kappa shape index (κ2) is 5.98. The molecular formula is C13H15BrN2O. The average molecular weight is 295 g/mol. The van der Waals surface area contributed by atoms with Crippen molar-refractivity contribution in [3.05, 3.63) is 52.3 Å². The number of halogens is 1. The molecule has 2 aromatic rings. The molecule has 1 N–H and O–H groups in total. The smallest absolute Gasteiger partial charge is 0.150 e. The number of hydrogen-bond acceptors (Lipinski definition) is 3. The van der Waals surface area contributed by atoms with Crippen LogP contribution in [0.5, 0.6) is 0 Å². The molecule has 2 rings (SSSR count). The summed E-state index contributed by atoms with van der Waals surface area (Å²) >= 11 is 3.49. The summed E-state index contributed by atoms with van der Waals surface area (Å²) in [5, 5.41) is 7.15. The third-order valence-electron chi connectivity index (χ3n) is 2.67. The molecule has 0 spiro atoms. The van der Waals surface area contributed by atoms with Gasteiger partial charge in [-0.15, -0.1) is 0 Å². The summed E-state index contributed by atoms with van der Waals surface area (Å²) in [6.07, 6.45) is 2.70. The van der Waals surface area contributed by atoms with Crippen molar-refractivity contribution < 1.29 is 4.52 Å². The van der Waals surface area contributed by atoms with Crippen molar-refractivity contribution in [1.82, 2.24) is 10.5 Å². The highest BCUT2D eigenvalue weighted by atomic mass is 79.9. The minimum absolute atomic E-state index is 0.331. The van der Waals surface area contributed by atoms with Crippen LogP contribution in [0, 0.1) is 0 Å². The first-order chi connectivity index (χ1) is 8.29. The second-order valence-electron chi connectivity index (χ2n) is 3.88. The van der Waals surface area contributed by atoms with Crippen LogP contribution in [-0.2, 0) is 6.54 Å². The molecule has 4 heteroatoms. The standard InChI is InChI=1S/C13H15BrN2O/c1-2-13(10-4-3-5-11(14)8-10)15-9-12-6-7-16-17-12/h3-8,13,15H,2,9H2,1H3. The first-order valence-corrected chi connectivity index (χ1v) is 6.47. The Bertz CT molecular complexity index is 456. The van der Waals surface area contributed by atoms with Crippen LogP contribution >= 0.6 is 15.9 Å². The molecule has 1 unspecified atom stereocenters. The lowest BCUT2D eigenvalue weighted by molar-refractivity contribution is 0.361. The number of rotatable bonds is 5. The predicted octanol–water partition coefficient (Wildman–Crippen LogP) is 3.68. The summed E-state index contributed by atoms with van der Waals surface area (Å²) in [6, 6.07) is 10.6. The van der Waals surface area contributed by atoms with Crippen molar-refractivity contribution in [1.29, 1.82) is 0 Å². The van der Waals surface area contributed by atoms with Gasteiger partial charge in [-0.1, -0.05) is 40.1 Å². The Morgan fingerprint density at radius 1 is 1.41 bits per heavy atom. The fourth-order valence-corrected chi connectivity index (χ4v) is 2.20. The van der Waals surface area contributed by atoms with E-state index in [9.17, 15) is 0 Å². The van der Waals surface area contributed by atoms with Crippen molar-refractivity contribution in [2.75, 3.05) is 0 Å². The molecule has 90 valence electrons. The monoisotopic (exact) mass is 294 g/mol. The molecule has 0 saturated heterocycles. The zero-order chi connectivity index (χ0) is 12.1. The Hall–Kier alpha value is -1.13. The van der Waals surface area contributed by atoms with E-state index in [1.165, 1.54) is 5.56 Å². The van der Waals surface area contributed by atoms with Crippen molar-refractivity contribution >= 4 is 15.9 Å². The third-order valence-corrected chi connectivity index (χ3v) is 3.17. The topological polar surface area (TPSA) is 38.1 Å². The van der Waals surface area contributed by atoms with E-state index in [1.54, 1.807) is 6.20 Å². The third kappa shape index (κ3) is 3.41. The molecule has 1 heterocycles. The molecule has 0 aliphatic carbocycles. The second-order valence-corrected chi connectivity index (χ2v) is 4.79. The summed E-state index contributed by atoms with van der Waals surface area (Å²) < 4.78 is 6.17. The van der Waals surface area contributed by atoms with Gasteiger partial charge >= 0.3 is 0 Å². The Morgan fingerprint density at radius 3 is 2.94 bits per heavy atom. The highest BCUT2D eigenvalue weighted by Gasteiger charge is 2.09. The lowest BCUT2D eigenvalue weighted by atomic mass is 10.0. The highest BCUT2D eigenvalue weighted by molar-refractivity contribution is 9.10. The summed E-state index contributed by atoms with van der Waals surface area (Å²) in [5.41, 5.74) is 1.28. The van der Waals surface area contributed by atoms with Crippen molar-refractivity contribution in [2.24, 2.45) is 0 Å². The van der Waals surface area contributed by atoms with Gasteiger partial charge in [0.25, 0.3) is 0 Å². The van der Waals surface area contributed by atoms with Crippen molar-refractivity contribution in [3.8, 4) is 0 Å². The molecule has 17 heavy (non-hydrogen) atoms. The van der Waals surface area contributed by atoms with E-state index in [0.29, 0.717) is 12.6 Å². The van der Waals surface area contributed by atoms with Crippen LogP contribution in [0.4, 0.5) is 0 Å². The molecule has 0 radical (unpaired) electrons. The molecule has 1 aromatic heterocycles. The minimum Gasteiger partial charge on any atom is -0.360 e. The van der Waals surface area contributed by atoms with Crippen LogP contribution in [0.2, 0.25) is 0 Å². The van der Waals surface area contributed by atoms with E-state index in [4.69, 9.17) is 4.52 Å². The normalized spacial score (nSPS) is 12.6. The zero-order valence-electron chi connectivity index (χ0n) is 9.69. The average Bonchev–Trinajstić information content (AvgIpc) is 2.83. The summed E-state index contributed by atoms with van der Waals surface area (Å²) in [5.74, 6) is 0.860. The molecule has 0 amide bonds. The largest absolute Gasteiger partial charge is 0.360 e. The molecule has 3 nitrogen and oxygen atoms in total. The lowest BCUT2D eigenvalue weighted by Gasteiger charge is -2.16. The predicted molar refractivity (Wildman–Crippen MR) is 70.5 cm³/mol. The number of aromatic nitrogens is 1. The van der Waals surface area contributed by atoms with E-state index in [2.05, 4.69) is 51.5 Å². The quantitative estimate of drug-likeness (QED) is 0.914. The van der Waals surface area contributed by atoms with Crippen LogP contribution in [0.15, 0.2) is 45.5 Å². The van der Waals surface area contributed by atoms with Crippen LogP contribution in [0.25, 0.3) is 0 Å². The highest BCUT2D eigenvalue weighted by Crippen LogP contribution is 2.21. The van der Waals surface area contributed by atoms with E-state index in [0.717, 1.165) is 16.7 Å². The van der Waals surface area contributed by atoms with Crippen molar-refractivity contribution in [3.63, 3.8) is 0 Å². The minimum atomic E-state index is 0.331. The van der Waals surface area contributed by atoms with Crippen LogP contribution in [-0.4, -0.2) is 5.16 Å². The van der Waals surface area contributed by atoms with Gasteiger partial charge in [0.05, 0.1) is 12.7 Å². The number of nitrogens with one attached hydrogen (secondary N) is 1. The first-order valence-electron chi connectivity index (χ1n) is 5.68. The van der Waals surface area contributed by atoms with E-state index in [1.807, 2.05) is 12.1 Å². The molecule has 1 aromatic carbocycles. The zero-order valence-corrected chi connectivity index (χ0v) is 11.3. The van der Waals surface area contributed by atoms with Crippen molar-refractivity contribution in [2.45, 2.75) is 25.9 Å².